The van der Waals surface area contributed by atoms with Gasteiger partial charge in [0, 0.05) is 12.2 Å². The fraction of sp³-hybridized carbons (Fsp3) is 0.250. The van der Waals surface area contributed by atoms with Crippen LogP contribution in [0.15, 0.2) is 48.5 Å². The van der Waals surface area contributed by atoms with Crippen LogP contribution >= 0.6 is 0 Å². The van der Waals surface area contributed by atoms with Crippen molar-refractivity contribution < 1.29 is 4.39 Å². The molecular formula is C16H19FN2. The molecule has 0 heterocycles. The van der Waals surface area contributed by atoms with Crippen molar-refractivity contribution in [3.05, 3.63) is 54.3 Å². The Morgan fingerprint density at radius 1 is 1.11 bits per heavy atom. The number of nitrogens with two attached hydrogens (primary N) is 1. The maximum atomic E-state index is 13.2. The highest BCUT2D eigenvalue weighted by Gasteiger charge is 2.12. The van der Waals surface area contributed by atoms with Crippen molar-refractivity contribution in [2.45, 2.75) is 19.8 Å². The molecule has 0 saturated heterocycles. The molecule has 2 nitrogen and oxygen atoms in total. The van der Waals surface area contributed by atoms with E-state index in [1.807, 2.05) is 30.3 Å². The summed E-state index contributed by atoms with van der Waals surface area (Å²) in [6, 6.07) is 14.6. The van der Waals surface area contributed by atoms with E-state index in [-0.39, 0.29) is 5.82 Å². The lowest BCUT2D eigenvalue weighted by Crippen LogP contribution is -2.19. The molecule has 0 aromatic heterocycles. The van der Waals surface area contributed by atoms with Gasteiger partial charge in [0.05, 0.1) is 11.4 Å². The van der Waals surface area contributed by atoms with E-state index in [4.69, 9.17) is 5.73 Å². The van der Waals surface area contributed by atoms with E-state index in [2.05, 4.69) is 11.8 Å². The second-order valence-corrected chi connectivity index (χ2v) is 4.54. The first-order valence-corrected chi connectivity index (χ1v) is 6.60. The first-order valence-electron chi connectivity index (χ1n) is 6.60. The molecule has 0 fully saturated rings. The van der Waals surface area contributed by atoms with Crippen LogP contribution in [0, 0.1) is 5.82 Å². The molecule has 0 unspecified atom stereocenters. The van der Waals surface area contributed by atoms with Crippen LogP contribution in [-0.2, 0) is 0 Å². The summed E-state index contributed by atoms with van der Waals surface area (Å²) < 4.78 is 13.2. The summed E-state index contributed by atoms with van der Waals surface area (Å²) in [6.07, 6.45) is 2.16. The van der Waals surface area contributed by atoms with Crippen molar-refractivity contribution in [1.82, 2.24) is 0 Å². The predicted octanol–water partition coefficient (Wildman–Crippen LogP) is 4.35. The topological polar surface area (TPSA) is 29.3 Å². The maximum absolute atomic E-state index is 13.2. The Morgan fingerprint density at radius 3 is 2.47 bits per heavy atom. The number of para-hydroxylation sites is 1. The third kappa shape index (κ3) is 3.25. The molecule has 0 amide bonds. The van der Waals surface area contributed by atoms with E-state index < -0.39 is 0 Å². The number of hydrogen-bond acceptors (Lipinski definition) is 2. The Labute approximate surface area is 113 Å². The highest BCUT2D eigenvalue weighted by Crippen LogP contribution is 2.31. The molecule has 0 aliphatic carbocycles. The van der Waals surface area contributed by atoms with Crippen LogP contribution in [-0.4, -0.2) is 6.54 Å². The van der Waals surface area contributed by atoms with E-state index in [1.165, 1.54) is 12.1 Å². The second-order valence-electron chi connectivity index (χ2n) is 4.54. The summed E-state index contributed by atoms with van der Waals surface area (Å²) in [5, 5.41) is 0. The summed E-state index contributed by atoms with van der Waals surface area (Å²) in [4.78, 5) is 2.14. The number of nitrogen functional groups attached to an aromatic ring is 1. The molecule has 2 rings (SSSR count). The molecular weight excluding hydrogens is 239 g/mol. The largest absolute Gasteiger partial charge is 0.397 e. The van der Waals surface area contributed by atoms with E-state index in [1.54, 1.807) is 6.07 Å². The number of benzene rings is 2. The van der Waals surface area contributed by atoms with Crippen LogP contribution in [0.5, 0.6) is 0 Å². The van der Waals surface area contributed by atoms with Gasteiger partial charge in [-0.3, -0.25) is 0 Å². The Balaban J connectivity index is 2.37. The molecule has 0 saturated carbocycles. The van der Waals surface area contributed by atoms with E-state index in [9.17, 15) is 4.39 Å². The van der Waals surface area contributed by atoms with Crippen molar-refractivity contribution >= 4 is 17.1 Å². The van der Waals surface area contributed by atoms with E-state index in [0.29, 0.717) is 5.69 Å². The van der Waals surface area contributed by atoms with Crippen LogP contribution in [0.25, 0.3) is 0 Å². The number of hydrogen-bond donors (Lipinski definition) is 1. The number of halogens is 1. The van der Waals surface area contributed by atoms with Crippen molar-refractivity contribution in [3.63, 3.8) is 0 Å². The Hall–Kier alpha value is -2.03. The third-order valence-electron chi connectivity index (χ3n) is 3.08. The molecule has 3 heteroatoms. The van der Waals surface area contributed by atoms with Crippen LogP contribution in [0.4, 0.5) is 21.5 Å². The summed E-state index contributed by atoms with van der Waals surface area (Å²) in [7, 11) is 0. The SMILES string of the molecule is CCCCN(c1ccccc1)c1ccc(F)cc1N. The summed E-state index contributed by atoms with van der Waals surface area (Å²) in [5.74, 6) is -0.301. The molecule has 2 aromatic rings. The fourth-order valence-corrected chi connectivity index (χ4v) is 2.08. The normalized spacial score (nSPS) is 10.4. The van der Waals surface area contributed by atoms with Crippen LogP contribution in [0.1, 0.15) is 19.8 Å². The Morgan fingerprint density at radius 2 is 1.84 bits per heavy atom. The smallest absolute Gasteiger partial charge is 0.125 e. The van der Waals surface area contributed by atoms with Crippen molar-refractivity contribution in [3.8, 4) is 0 Å². The number of anilines is 3. The molecule has 19 heavy (non-hydrogen) atoms. The average Bonchev–Trinajstić information content (AvgIpc) is 2.42. The van der Waals surface area contributed by atoms with Gasteiger partial charge in [-0.15, -0.1) is 0 Å². The lowest BCUT2D eigenvalue weighted by atomic mass is 10.2. The minimum atomic E-state index is -0.301. The van der Waals surface area contributed by atoms with Gasteiger partial charge >= 0.3 is 0 Å². The molecule has 0 bridgehead atoms. The zero-order valence-electron chi connectivity index (χ0n) is 11.1. The average molecular weight is 258 g/mol. The lowest BCUT2D eigenvalue weighted by molar-refractivity contribution is 0.628. The summed E-state index contributed by atoms with van der Waals surface area (Å²) in [6.45, 7) is 3.02. The predicted molar refractivity (Wildman–Crippen MR) is 79.2 cm³/mol. The van der Waals surface area contributed by atoms with Gasteiger partial charge in [-0.05, 0) is 36.8 Å². The highest BCUT2D eigenvalue weighted by atomic mass is 19.1. The summed E-state index contributed by atoms with van der Waals surface area (Å²) >= 11 is 0. The molecule has 100 valence electrons. The minimum absolute atomic E-state index is 0.301. The highest BCUT2D eigenvalue weighted by molar-refractivity contribution is 5.74. The fourth-order valence-electron chi connectivity index (χ4n) is 2.08. The lowest BCUT2D eigenvalue weighted by Gasteiger charge is -2.26. The molecule has 0 atom stereocenters. The molecule has 2 aromatic carbocycles. The van der Waals surface area contributed by atoms with Gasteiger partial charge < -0.3 is 10.6 Å². The van der Waals surface area contributed by atoms with Crippen molar-refractivity contribution in [2.24, 2.45) is 0 Å². The third-order valence-corrected chi connectivity index (χ3v) is 3.08. The first-order chi connectivity index (χ1) is 9.22. The Kier molecular flexibility index (Phi) is 4.39. The van der Waals surface area contributed by atoms with Gasteiger partial charge in [0.2, 0.25) is 0 Å². The van der Waals surface area contributed by atoms with Crippen molar-refractivity contribution in [1.29, 1.82) is 0 Å². The number of nitrogens with zero attached hydrogens (tertiary/aromatic N) is 1. The molecule has 0 radical (unpaired) electrons. The van der Waals surface area contributed by atoms with Crippen LogP contribution in [0.3, 0.4) is 0 Å². The zero-order chi connectivity index (χ0) is 13.7. The van der Waals surface area contributed by atoms with Crippen LogP contribution in [0.2, 0.25) is 0 Å². The molecule has 0 aliphatic heterocycles. The summed E-state index contributed by atoms with van der Waals surface area (Å²) in [5.41, 5.74) is 8.36. The van der Waals surface area contributed by atoms with E-state index in [0.717, 1.165) is 30.8 Å². The van der Waals surface area contributed by atoms with Gasteiger partial charge in [0.25, 0.3) is 0 Å². The molecule has 0 spiro atoms. The molecule has 0 aliphatic rings. The first kappa shape index (κ1) is 13.4. The van der Waals surface area contributed by atoms with Crippen molar-refractivity contribution in [2.75, 3.05) is 17.2 Å². The quantitative estimate of drug-likeness (QED) is 0.808. The number of unbranched alkanes of at least 4 members (excludes halogenated alkanes) is 1. The van der Waals surface area contributed by atoms with Gasteiger partial charge in [-0.2, -0.15) is 0 Å². The van der Waals surface area contributed by atoms with E-state index >= 15 is 0 Å². The maximum Gasteiger partial charge on any atom is 0.125 e. The standard InChI is InChI=1S/C16H19FN2/c1-2-3-11-19(14-7-5-4-6-8-14)16-10-9-13(17)12-15(16)18/h4-10,12H,2-3,11,18H2,1H3. The monoisotopic (exact) mass is 258 g/mol. The Bertz CT molecular complexity index is 526. The van der Waals surface area contributed by atoms with Gasteiger partial charge in [0.15, 0.2) is 0 Å². The van der Waals surface area contributed by atoms with Gasteiger partial charge in [-0.25, -0.2) is 4.39 Å². The van der Waals surface area contributed by atoms with Gasteiger partial charge in [0.1, 0.15) is 5.82 Å². The second kappa shape index (κ2) is 6.23. The minimum Gasteiger partial charge on any atom is -0.397 e. The van der Waals surface area contributed by atoms with Crippen LogP contribution < -0.4 is 10.6 Å². The van der Waals surface area contributed by atoms with Gasteiger partial charge in [-0.1, -0.05) is 31.5 Å². The zero-order valence-corrected chi connectivity index (χ0v) is 11.1. The molecule has 2 N–H and O–H groups in total. The number of rotatable bonds is 5.